The molecule has 0 bridgehead atoms. The maximum Gasteiger partial charge on any atom is 0.256 e. The van der Waals surface area contributed by atoms with Crippen LogP contribution in [0.1, 0.15) is 51.3 Å². The van der Waals surface area contributed by atoms with E-state index >= 15 is 0 Å². The lowest BCUT2D eigenvalue weighted by Gasteiger charge is -2.28. The number of nitrogens with one attached hydrogen (secondary N) is 3. The highest BCUT2D eigenvalue weighted by molar-refractivity contribution is 7.16. The predicted octanol–water partition coefficient (Wildman–Crippen LogP) is 2.32. The van der Waals surface area contributed by atoms with E-state index in [2.05, 4.69) is 42.9 Å². The Morgan fingerprint density at radius 1 is 1.35 bits per heavy atom. The molecule has 0 radical (unpaired) electrons. The molecule has 2 aliphatic heterocycles. The number of carbonyl (C=O) groups is 1. The Morgan fingerprint density at radius 2 is 2.17 bits per heavy atom. The van der Waals surface area contributed by atoms with Crippen LogP contribution in [0.15, 0.2) is 11.4 Å². The van der Waals surface area contributed by atoms with Crippen LogP contribution in [0.25, 0.3) is 0 Å². The number of hydrogen-bond acceptors (Lipinski definition) is 4. The first-order chi connectivity index (χ1) is 11.0. The van der Waals surface area contributed by atoms with Crippen molar-refractivity contribution in [2.24, 2.45) is 0 Å². The number of fused-ring (bicyclic) bond motifs is 3. The Bertz CT molecular complexity index is 762. The molecule has 2 aliphatic rings. The summed E-state index contributed by atoms with van der Waals surface area (Å²) < 4.78 is 0. The molecule has 0 saturated heterocycles. The molecular formula is C17H22N3OS2+. The second-order valence-electron chi connectivity index (χ2n) is 6.72. The normalized spacial score (nSPS) is 23.2. The molecule has 1 unspecified atom stereocenters. The van der Waals surface area contributed by atoms with Crippen LogP contribution in [-0.4, -0.2) is 18.5 Å². The van der Waals surface area contributed by atoms with Gasteiger partial charge in [-0.15, -0.1) is 22.7 Å². The third kappa shape index (κ3) is 2.49. The van der Waals surface area contributed by atoms with Gasteiger partial charge in [0.1, 0.15) is 17.7 Å². The first kappa shape index (κ1) is 15.2. The summed E-state index contributed by atoms with van der Waals surface area (Å²) >= 11 is 3.48. The fourth-order valence-corrected chi connectivity index (χ4v) is 5.77. The number of carbonyl (C=O) groups excluding carboxylic acids is 1. The van der Waals surface area contributed by atoms with E-state index in [9.17, 15) is 4.79 Å². The molecule has 122 valence electrons. The topological polar surface area (TPSA) is 45.6 Å². The zero-order valence-corrected chi connectivity index (χ0v) is 15.3. The second-order valence-corrected chi connectivity index (χ2v) is 8.77. The van der Waals surface area contributed by atoms with Crippen LogP contribution in [0, 0.1) is 6.92 Å². The van der Waals surface area contributed by atoms with Crippen LogP contribution in [0.5, 0.6) is 0 Å². The Balaban J connectivity index is 1.67. The van der Waals surface area contributed by atoms with Crippen LogP contribution < -0.4 is 15.5 Å². The van der Waals surface area contributed by atoms with Gasteiger partial charge in [0, 0.05) is 11.3 Å². The van der Waals surface area contributed by atoms with Gasteiger partial charge >= 0.3 is 0 Å². The molecule has 1 amide bonds. The van der Waals surface area contributed by atoms with Gasteiger partial charge in [0.25, 0.3) is 5.91 Å². The zero-order chi connectivity index (χ0) is 16.1. The smallest absolute Gasteiger partial charge is 0.256 e. The minimum absolute atomic E-state index is 0.0852. The van der Waals surface area contributed by atoms with E-state index in [0.717, 1.165) is 30.1 Å². The van der Waals surface area contributed by atoms with Crippen LogP contribution in [0.3, 0.4) is 0 Å². The number of hydrogen-bond donors (Lipinski definition) is 3. The monoisotopic (exact) mass is 348 g/mol. The van der Waals surface area contributed by atoms with E-state index in [0.29, 0.717) is 6.04 Å². The maximum absolute atomic E-state index is 12.7. The summed E-state index contributed by atoms with van der Waals surface area (Å²) in [5, 5.41) is 9.84. The molecule has 23 heavy (non-hydrogen) atoms. The van der Waals surface area contributed by atoms with Gasteiger partial charge in [-0.1, -0.05) is 0 Å². The third-order valence-corrected chi connectivity index (χ3v) is 7.18. The minimum Gasteiger partial charge on any atom is -0.352 e. The summed E-state index contributed by atoms with van der Waals surface area (Å²) in [6.07, 6.45) is 0.913. The molecule has 2 aromatic rings. The van der Waals surface area contributed by atoms with E-state index in [4.69, 9.17) is 0 Å². The first-order valence-corrected chi connectivity index (χ1v) is 9.84. The quantitative estimate of drug-likeness (QED) is 0.780. The van der Waals surface area contributed by atoms with Crippen molar-refractivity contribution < 1.29 is 9.69 Å². The lowest BCUT2D eigenvalue weighted by Crippen LogP contribution is -3.14. The molecule has 0 saturated carbocycles. The number of anilines is 1. The standard InChI is InChI=1S/C17H21N3OS2/c1-9(2)20-6-4-11-12(8-20)23-17-13(11)16(21)18-15(19-17)14-10(3)5-7-22-14/h5,7,9,15,19H,4,6,8H2,1-3H3,(H,18,21)/p+1/t15-/m1/s1. The highest BCUT2D eigenvalue weighted by atomic mass is 32.1. The van der Waals surface area contributed by atoms with Crippen molar-refractivity contribution in [3.05, 3.63) is 37.9 Å². The van der Waals surface area contributed by atoms with E-state index in [-0.39, 0.29) is 12.1 Å². The Kier molecular flexibility index (Phi) is 3.70. The van der Waals surface area contributed by atoms with Crippen LogP contribution in [0.4, 0.5) is 5.00 Å². The van der Waals surface area contributed by atoms with Gasteiger partial charge in [-0.25, -0.2) is 0 Å². The third-order valence-electron chi connectivity index (χ3n) is 4.93. The molecule has 3 N–H and O–H groups in total. The fraction of sp³-hybridized carbons (Fsp3) is 0.471. The SMILES string of the molecule is Cc1ccsc1[C@@H]1NC(=O)c2c(sc3c2CC[NH+](C(C)C)C3)N1. The van der Waals surface area contributed by atoms with Gasteiger partial charge in [-0.05, 0) is 43.3 Å². The van der Waals surface area contributed by atoms with Gasteiger partial charge < -0.3 is 15.5 Å². The molecule has 0 aliphatic carbocycles. The molecule has 4 nitrogen and oxygen atoms in total. The summed E-state index contributed by atoms with van der Waals surface area (Å²) in [6.45, 7) is 8.80. The van der Waals surface area contributed by atoms with Crippen LogP contribution >= 0.6 is 22.7 Å². The van der Waals surface area contributed by atoms with E-state index in [1.54, 1.807) is 27.6 Å². The lowest BCUT2D eigenvalue weighted by molar-refractivity contribution is -0.936. The van der Waals surface area contributed by atoms with Gasteiger partial charge in [-0.3, -0.25) is 4.79 Å². The lowest BCUT2D eigenvalue weighted by atomic mass is 10.00. The summed E-state index contributed by atoms with van der Waals surface area (Å²) in [5.74, 6) is 0.0852. The van der Waals surface area contributed by atoms with E-state index in [1.165, 1.54) is 20.9 Å². The predicted molar refractivity (Wildman–Crippen MR) is 95.6 cm³/mol. The molecule has 0 fully saturated rings. The number of quaternary nitrogens is 1. The molecule has 0 spiro atoms. The Labute approximate surface area is 144 Å². The summed E-state index contributed by atoms with van der Waals surface area (Å²) in [6, 6.07) is 2.73. The molecule has 4 heterocycles. The number of thiophene rings is 2. The highest BCUT2D eigenvalue weighted by Gasteiger charge is 2.35. The van der Waals surface area contributed by atoms with Crippen LogP contribution in [-0.2, 0) is 13.0 Å². The maximum atomic E-state index is 12.7. The highest BCUT2D eigenvalue weighted by Crippen LogP contribution is 2.40. The number of rotatable bonds is 2. The number of amides is 1. The van der Waals surface area contributed by atoms with Crippen molar-refractivity contribution >= 4 is 33.6 Å². The van der Waals surface area contributed by atoms with Gasteiger partial charge in [0.05, 0.1) is 23.0 Å². The molecule has 2 aromatic heterocycles. The molecule has 6 heteroatoms. The summed E-state index contributed by atoms with van der Waals surface area (Å²) in [4.78, 5) is 16.9. The van der Waals surface area contributed by atoms with Gasteiger partial charge in [-0.2, -0.15) is 0 Å². The van der Waals surface area contributed by atoms with E-state index < -0.39 is 0 Å². The fourth-order valence-electron chi connectivity index (χ4n) is 3.52. The van der Waals surface area contributed by atoms with Crippen molar-refractivity contribution in [2.45, 2.75) is 45.9 Å². The van der Waals surface area contributed by atoms with Gasteiger partial charge in [0.15, 0.2) is 0 Å². The van der Waals surface area contributed by atoms with Crippen molar-refractivity contribution in [1.29, 1.82) is 0 Å². The van der Waals surface area contributed by atoms with Crippen molar-refractivity contribution in [3.63, 3.8) is 0 Å². The van der Waals surface area contributed by atoms with Crippen molar-refractivity contribution in [2.75, 3.05) is 11.9 Å². The average Bonchev–Trinajstić information content (AvgIpc) is 3.09. The molecular weight excluding hydrogens is 326 g/mol. The van der Waals surface area contributed by atoms with E-state index in [1.807, 2.05) is 0 Å². The molecule has 2 atom stereocenters. The first-order valence-electron chi connectivity index (χ1n) is 8.15. The summed E-state index contributed by atoms with van der Waals surface area (Å²) in [5.41, 5.74) is 3.41. The summed E-state index contributed by atoms with van der Waals surface area (Å²) in [7, 11) is 0. The molecule has 0 aromatic carbocycles. The Morgan fingerprint density at radius 3 is 2.87 bits per heavy atom. The van der Waals surface area contributed by atoms with Gasteiger partial charge in [0.2, 0.25) is 0 Å². The average molecular weight is 349 g/mol. The zero-order valence-electron chi connectivity index (χ0n) is 13.7. The second kappa shape index (κ2) is 5.61. The van der Waals surface area contributed by atoms with Crippen LogP contribution in [0.2, 0.25) is 0 Å². The minimum atomic E-state index is -0.0938. The molecule has 4 rings (SSSR count). The van der Waals surface area contributed by atoms with Crippen molar-refractivity contribution in [3.8, 4) is 0 Å². The largest absolute Gasteiger partial charge is 0.352 e. The Hall–Kier alpha value is -1.37. The number of aryl methyl sites for hydroxylation is 1. The van der Waals surface area contributed by atoms with Crippen molar-refractivity contribution in [1.82, 2.24) is 5.32 Å².